The van der Waals surface area contributed by atoms with Crippen LogP contribution in [0, 0.1) is 11.8 Å². The normalized spacial score (nSPS) is 14.2. The summed E-state index contributed by atoms with van der Waals surface area (Å²) >= 11 is 0. The van der Waals surface area contributed by atoms with Gasteiger partial charge in [0.25, 0.3) is 12.3 Å². The van der Waals surface area contributed by atoms with Crippen molar-refractivity contribution in [2.75, 3.05) is 0 Å². The lowest BCUT2D eigenvalue weighted by atomic mass is 10.0. The Morgan fingerprint density at radius 2 is 1.91 bits per heavy atom. The summed E-state index contributed by atoms with van der Waals surface area (Å²) in [5.41, 5.74) is -0.665. The number of hydrogen-bond donors (Lipinski definition) is 2. The monoisotopic (exact) mass is 317 g/mol. The quantitative estimate of drug-likeness (QED) is 0.808. The first-order chi connectivity index (χ1) is 10.1. The molecule has 1 amide bonds. The molecular formula is C14H21F2N3O3. The third kappa shape index (κ3) is 4.25. The number of carbonyl (C=O) groups is 2. The minimum absolute atomic E-state index is 0.0965. The molecule has 0 aromatic carbocycles. The van der Waals surface area contributed by atoms with Crippen molar-refractivity contribution in [1.29, 1.82) is 0 Å². The van der Waals surface area contributed by atoms with Crippen molar-refractivity contribution in [3.63, 3.8) is 0 Å². The topological polar surface area (TPSA) is 84.2 Å². The summed E-state index contributed by atoms with van der Waals surface area (Å²) in [4.78, 5) is 23.0. The Hall–Kier alpha value is -1.99. The van der Waals surface area contributed by atoms with Crippen molar-refractivity contribution < 1.29 is 23.5 Å². The van der Waals surface area contributed by atoms with E-state index in [1.54, 1.807) is 0 Å². The number of carboxylic acid groups (broad SMARTS) is 1. The van der Waals surface area contributed by atoms with Crippen LogP contribution in [0.15, 0.2) is 6.20 Å². The second-order valence-electron chi connectivity index (χ2n) is 5.71. The zero-order chi connectivity index (χ0) is 17.0. The molecule has 1 aromatic rings. The molecule has 0 spiro atoms. The number of rotatable bonds is 7. The third-order valence-electron chi connectivity index (χ3n) is 3.37. The van der Waals surface area contributed by atoms with E-state index in [1.807, 2.05) is 13.8 Å². The van der Waals surface area contributed by atoms with Gasteiger partial charge in [0.15, 0.2) is 0 Å². The van der Waals surface area contributed by atoms with Crippen molar-refractivity contribution >= 4 is 11.9 Å². The largest absolute Gasteiger partial charge is 0.481 e. The SMILES string of the molecule is CC(C)Cn1ncc(C(=O)NC(C)C(C)C(=O)O)c1C(F)F. The number of hydrogen-bond acceptors (Lipinski definition) is 3. The summed E-state index contributed by atoms with van der Waals surface area (Å²) in [7, 11) is 0. The fourth-order valence-electron chi connectivity index (χ4n) is 1.91. The highest BCUT2D eigenvalue weighted by Crippen LogP contribution is 2.24. The average molecular weight is 317 g/mol. The van der Waals surface area contributed by atoms with Gasteiger partial charge >= 0.3 is 5.97 Å². The highest BCUT2D eigenvalue weighted by Gasteiger charge is 2.27. The molecule has 0 aliphatic rings. The van der Waals surface area contributed by atoms with E-state index in [2.05, 4.69) is 10.4 Å². The molecular weight excluding hydrogens is 296 g/mol. The van der Waals surface area contributed by atoms with E-state index in [9.17, 15) is 18.4 Å². The molecule has 0 bridgehead atoms. The number of alkyl halides is 2. The minimum Gasteiger partial charge on any atom is -0.481 e. The maximum Gasteiger partial charge on any atom is 0.308 e. The van der Waals surface area contributed by atoms with Crippen molar-refractivity contribution in [1.82, 2.24) is 15.1 Å². The Morgan fingerprint density at radius 1 is 1.32 bits per heavy atom. The number of carboxylic acids is 1. The first-order valence-electron chi connectivity index (χ1n) is 7.02. The number of nitrogens with zero attached hydrogens (tertiary/aromatic N) is 2. The molecule has 0 aliphatic heterocycles. The molecule has 1 aromatic heterocycles. The summed E-state index contributed by atoms with van der Waals surface area (Å²) < 4.78 is 27.6. The zero-order valence-electron chi connectivity index (χ0n) is 13.0. The molecule has 0 saturated carbocycles. The van der Waals surface area contributed by atoms with E-state index < -0.39 is 36.0 Å². The Kier molecular flexibility index (Phi) is 6.01. The fraction of sp³-hybridized carbons (Fsp3) is 0.643. The van der Waals surface area contributed by atoms with Crippen LogP contribution in [0.5, 0.6) is 0 Å². The highest BCUT2D eigenvalue weighted by atomic mass is 19.3. The number of amides is 1. The van der Waals surface area contributed by atoms with Crippen molar-refractivity contribution in [2.24, 2.45) is 11.8 Å². The lowest BCUT2D eigenvalue weighted by molar-refractivity contribution is -0.141. The molecule has 1 heterocycles. The van der Waals surface area contributed by atoms with Gasteiger partial charge < -0.3 is 10.4 Å². The predicted octanol–water partition coefficient (Wildman–Crippen LogP) is 2.32. The van der Waals surface area contributed by atoms with Crippen LogP contribution in [-0.4, -0.2) is 32.8 Å². The van der Waals surface area contributed by atoms with Gasteiger partial charge in [0.1, 0.15) is 5.69 Å². The van der Waals surface area contributed by atoms with Crippen molar-refractivity contribution in [3.05, 3.63) is 17.5 Å². The molecule has 1 rings (SSSR count). The summed E-state index contributed by atoms with van der Waals surface area (Å²) in [5.74, 6) is -2.55. The van der Waals surface area contributed by atoms with Gasteiger partial charge in [0.05, 0.1) is 17.7 Å². The molecule has 2 N–H and O–H groups in total. The molecule has 124 valence electrons. The fourth-order valence-corrected chi connectivity index (χ4v) is 1.91. The van der Waals surface area contributed by atoms with Crippen LogP contribution in [0.2, 0.25) is 0 Å². The molecule has 22 heavy (non-hydrogen) atoms. The van der Waals surface area contributed by atoms with E-state index in [1.165, 1.54) is 13.8 Å². The summed E-state index contributed by atoms with van der Waals surface area (Å²) in [6.45, 7) is 6.93. The van der Waals surface area contributed by atoms with Crippen molar-refractivity contribution in [3.8, 4) is 0 Å². The molecule has 2 atom stereocenters. The predicted molar refractivity (Wildman–Crippen MR) is 75.8 cm³/mol. The molecule has 0 radical (unpaired) electrons. The molecule has 6 nitrogen and oxygen atoms in total. The van der Waals surface area contributed by atoms with Crippen LogP contribution >= 0.6 is 0 Å². The van der Waals surface area contributed by atoms with Crippen LogP contribution in [-0.2, 0) is 11.3 Å². The lowest BCUT2D eigenvalue weighted by Gasteiger charge is -2.18. The lowest BCUT2D eigenvalue weighted by Crippen LogP contribution is -2.40. The Morgan fingerprint density at radius 3 is 2.36 bits per heavy atom. The third-order valence-corrected chi connectivity index (χ3v) is 3.37. The Bertz CT molecular complexity index is 543. The van der Waals surface area contributed by atoms with Gasteiger partial charge in [-0.1, -0.05) is 13.8 Å². The first-order valence-corrected chi connectivity index (χ1v) is 7.02. The Labute approximate surface area is 127 Å². The van der Waals surface area contributed by atoms with Gasteiger partial charge in [-0.2, -0.15) is 5.10 Å². The van der Waals surface area contributed by atoms with E-state index in [0.717, 1.165) is 10.9 Å². The standard InChI is InChI=1S/C14H21F2N3O3/c1-7(2)6-19-11(12(15)16)10(5-17-19)13(20)18-9(4)8(3)14(21)22/h5,7-9,12H,6H2,1-4H3,(H,18,20)(H,21,22). The van der Waals surface area contributed by atoms with Crippen LogP contribution in [0.3, 0.4) is 0 Å². The second-order valence-corrected chi connectivity index (χ2v) is 5.71. The second kappa shape index (κ2) is 7.33. The van der Waals surface area contributed by atoms with Gasteiger partial charge in [0.2, 0.25) is 0 Å². The number of aromatic nitrogens is 2. The number of carbonyl (C=O) groups excluding carboxylic acids is 1. The molecule has 0 fully saturated rings. The average Bonchev–Trinajstić information content (AvgIpc) is 2.80. The van der Waals surface area contributed by atoms with Gasteiger partial charge in [-0.05, 0) is 19.8 Å². The van der Waals surface area contributed by atoms with Gasteiger partial charge in [-0.15, -0.1) is 0 Å². The summed E-state index contributed by atoms with van der Waals surface area (Å²) in [5, 5.41) is 15.2. The molecule has 8 heteroatoms. The van der Waals surface area contributed by atoms with E-state index in [4.69, 9.17) is 5.11 Å². The zero-order valence-corrected chi connectivity index (χ0v) is 13.0. The Balaban J connectivity index is 2.98. The summed E-state index contributed by atoms with van der Waals surface area (Å²) in [6.07, 6.45) is -1.74. The maximum absolute atomic E-state index is 13.2. The minimum atomic E-state index is -2.84. The van der Waals surface area contributed by atoms with Gasteiger partial charge in [-0.3, -0.25) is 14.3 Å². The van der Waals surface area contributed by atoms with Crippen LogP contribution < -0.4 is 5.32 Å². The van der Waals surface area contributed by atoms with E-state index in [-0.39, 0.29) is 18.0 Å². The molecule has 2 unspecified atom stereocenters. The van der Waals surface area contributed by atoms with Crippen LogP contribution in [0.1, 0.15) is 50.2 Å². The summed E-state index contributed by atoms with van der Waals surface area (Å²) in [6, 6.07) is -0.691. The number of aliphatic carboxylic acids is 1. The van der Waals surface area contributed by atoms with Crippen molar-refractivity contribution in [2.45, 2.75) is 46.7 Å². The smallest absolute Gasteiger partial charge is 0.308 e. The molecule has 0 aliphatic carbocycles. The van der Waals surface area contributed by atoms with Crippen LogP contribution in [0.4, 0.5) is 8.78 Å². The highest BCUT2D eigenvalue weighted by molar-refractivity contribution is 5.95. The number of nitrogens with one attached hydrogen (secondary N) is 1. The number of halogens is 2. The first kappa shape index (κ1) is 18.1. The van der Waals surface area contributed by atoms with E-state index >= 15 is 0 Å². The van der Waals surface area contributed by atoms with Gasteiger partial charge in [0, 0.05) is 12.6 Å². The molecule has 0 saturated heterocycles. The maximum atomic E-state index is 13.2. The van der Waals surface area contributed by atoms with E-state index in [0.29, 0.717) is 0 Å². The van der Waals surface area contributed by atoms with Crippen LogP contribution in [0.25, 0.3) is 0 Å². The van der Waals surface area contributed by atoms with Gasteiger partial charge in [-0.25, -0.2) is 8.78 Å².